The van der Waals surface area contributed by atoms with Crippen LogP contribution in [-0.2, 0) is 0 Å². The third kappa shape index (κ3) is 3.86. The summed E-state index contributed by atoms with van der Waals surface area (Å²) in [6.07, 6.45) is 1.02. The van der Waals surface area contributed by atoms with E-state index in [-0.39, 0.29) is 6.04 Å². The van der Waals surface area contributed by atoms with Gasteiger partial charge in [-0.2, -0.15) is 0 Å². The van der Waals surface area contributed by atoms with Gasteiger partial charge in [-0.15, -0.1) is 0 Å². The van der Waals surface area contributed by atoms with Crippen molar-refractivity contribution in [3.05, 3.63) is 60.9 Å². The van der Waals surface area contributed by atoms with Crippen LogP contribution in [0.1, 0.15) is 30.5 Å². The van der Waals surface area contributed by atoms with Crippen molar-refractivity contribution in [3.8, 4) is 0 Å². The van der Waals surface area contributed by atoms with Crippen LogP contribution in [0.5, 0.6) is 0 Å². The average molecular weight is 462 g/mol. The Balaban J connectivity index is 2.32. The lowest BCUT2D eigenvalue weighted by Crippen LogP contribution is -2.10. The molecular formula is C16H16Br3N. The predicted octanol–water partition coefficient (Wildman–Crippen LogP) is 6.85. The minimum atomic E-state index is 0.280. The topological polar surface area (TPSA) is 12.0 Å². The van der Waals surface area contributed by atoms with Crippen molar-refractivity contribution in [2.24, 2.45) is 0 Å². The van der Waals surface area contributed by atoms with E-state index in [2.05, 4.69) is 97.3 Å². The summed E-state index contributed by atoms with van der Waals surface area (Å²) in [5.41, 5.74) is 3.61. The van der Waals surface area contributed by atoms with Gasteiger partial charge >= 0.3 is 0 Å². The van der Waals surface area contributed by atoms with Gasteiger partial charge in [0.1, 0.15) is 0 Å². The molecule has 0 spiro atoms. The lowest BCUT2D eigenvalue weighted by molar-refractivity contribution is 0.747. The van der Waals surface area contributed by atoms with Crippen molar-refractivity contribution in [2.75, 3.05) is 5.32 Å². The molecular weight excluding hydrogens is 446 g/mol. The minimum absolute atomic E-state index is 0.280. The first-order valence-corrected chi connectivity index (χ1v) is 8.86. The second-order valence-corrected chi connectivity index (χ2v) is 7.39. The lowest BCUT2D eigenvalue weighted by Gasteiger charge is -2.21. The Kier molecular flexibility index (Phi) is 5.70. The molecule has 4 heteroatoms. The van der Waals surface area contributed by atoms with Crippen LogP contribution in [0.15, 0.2) is 49.8 Å². The highest BCUT2D eigenvalue weighted by Crippen LogP contribution is 2.35. The van der Waals surface area contributed by atoms with Crippen LogP contribution < -0.4 is 5.32 Å². The van der Waals surface area contributed by atoms with E-state index in [1.807, 2.05) is 6.07 Å². The Morgan fingerprint density at radius 2 is 1.70 bits per heavy atom. The maximum atomic E-state index is 3.64. The first-order valence-electron chi connectivity index (χ1n) is 6.49. The van der Waals surface area contributed by atoms with E-state index in [1.165, 1.54) is 11.1 Å². The number of rotatable bonds is 4. The van der Waals surface area contributed by atoms with Gasteiger partial charge < -0.3 is 5.32 Å². The number of benzene rings is 2. The normalized spacial score (nSPS) is 12.2. The molecule has 0 aliphatic heterocycles. The Morgan fingerprint density at radius 3 is 2.25 bits per heavy atom. The number of aryl methyl sites for hydroxylation is 1. The Hall–Kier alpha value is -0.320. The van der Waals surface area contributed by atoms with Gasteiger partial charge in [0.25, 0.3) is 0 Å². The lowest BCUT2D eigenvalue weighted by atomic mass is 10.0. The van der Waals surface area contributed by atoms with Gasteiger partial charge in [0.05, 0.1) is 11.7 Å². The highest BCUT2D eigenvalue weighted by atomic mass is 79.9. The Bertz CT molecular complexity index is 587. The average Bonchev–Trinajstić information content (AvgIpc) is 2.38. The quantitative estimate of drug-likeness (QED) is 0.525. The van der Waals surface area contributed by atoms with Crippen molar-refractivity contribution in [2.45, 2.75) is 26.3 Å². The molecule has 2 aromatic carbocycles. The van der Waals surface area contributed by atoms with Gasteiger partial charge in [-0.25, -0.2) is 0 Å². The first kappa shape index (κ1) is 16.1. The molecule has 0 aliphatic rings. The van der Waals surface area contributed by atoms with E-state index >= 15 is 0 Å². The third-order valence-electron chi connectivity index (χ3n) is 3.16. The van der Waals surface area contributed by atoms with Crippen LogP contribution in [0.25, 0.3) is 0 Å². The number of hydrogen-bond acceptors (Lipinski definition) is 1. The zero-order valence-electron chi connectivity index (χ0n) is 11.4. The van der Waals surface area contributed by atoms with E-state index in [0.717, 1.165) is 25.5 Å². The zero-order chi connectivity index (χ0) is 14.7. The van der Waals surface area contributed by atoms with Crippen LogP contribution in [0.3, 0.4) is 0 Å². The zero-order valence-corrected chi connectivity index (χ0v) is 16.1. The minimum Gasteiger partial charge on any atom is -0.376 e. The molecule has 106 valence electrons. The third-order valence-corrected chi connectivity index (χ3v) is 4.91. The van der Waals surface area contributed by atoms with Crippen molar-refractivity contribution in [1.82, 2.24) is 0 Å². The van der Waals surface area contributed by atoms with Gasteiger partial charge in [0.15, 0.2) is 0 Å². The number of halogens is 3. The summed E-state index contributed by atoms with van der Waals surface area (Å²) < 4.78 is 3.27. The Morgan fingerprint density at radius 1 is 1.05 bits per heavy atom. The molecule has 2 aromatic rings. The van der Waals surface area contributed by atoms with Crippen molar-refractivity contribution >= 4 is 53.5 Å². The van der Waals surface area contributed by atoms with Crippen molar-refractivity contribution in [3.63, 3.8) is 0 Å². The van der Waals surface area contributed by atoms with Gasteiger partial charge in [-0.3, -0.25) is 0 Å². The molecule has 0 fully saturated rings. The van der Waals surface area contributed by atoms with Gasteiger partial charge in [0, 0.05) is 13.4 Å². The smallest absolute Gasteiger partial charge is 0.0634 e. The SMILES string of the molecule is CCC(Nc1c(Br)cc(C)cc1Br)c1cccc(Br)c1. The summed E-state index contributed by atoms with van der Waals surface area (Å²) in [6.45, 7) is 4.28. The summed E-state index contributed by atoms with van der Waals surface area (Å²) in [5.74, 6) is 0. The Labute approximate surface area is 145 Å². The largest absolute Gasteiger partial charge is 0.376 e. The number of nitrogens with one attached hydrogen (secondary N) is 1. The van der Waals surface area contributed by atoms with Gasteiger partial charge in [-0.05, 0) is 80.6 Å². The van der Waals surface area contributed by atoms with E-state index in [0.29, 0.717) is 0 Å². The fraction of sp³-hybridized carbons (Fsp3) is 0.250. The fourth-order valence-corrected chi connectivity index (χ4v) is 4.22. The monoisotopic (exact) mass is 459 g/mol. The molecule has 20 heavy (non-hydrogen) atoms. The molecule has 0 aromatic heterocycles. The van der Waals surface area contributed by atoms with Crippen molar-refractivity contribution in [1.29, 1.82) is 0 Å². The highest BCUT2D eigenvalue weighted by Gasteiger charge is 2.13. The second kappa shape index (κ2) is 7.10. The predicted molar refractivity (Wildman–Crippen MR) is 97.4 cm³/mol. The molecule has 0 radical (unpaired) electrons. The van der Waals surface area contributed by atoms with Crippen LogP contribution in [0.4, 0.5) is 5.69 Å². The summed E-state index contributed by atoms with van der Waals surface area (Å²) in [7, 11) is 0. The van der Waals surface area contributed by atoms with Crippen molar-refractivity contribution < 1.29 is 0 Å². The second-order valence-electron chi connectivity index (χ2n) is 4.76. The molecule has 0 saturated heterocycles. The van der Waals surface area contributed by atoms with E-state index in [9.17, 15) is 0 Å². The summed E-state index contributed by atoms with van der Waals surface area (Å²) in [5, 5.41) is 3.62. The standard InChI is InChI=1S/C16H16Br3N/c1-3-15(11-5-4-6-12(17)9-11)20-16-13(18)7-10(2)8-14(16)19/h4-9,15,20H,3H2,1-2H3. The molecule has 0 aliphatic carbocycles. The van der Waals surface area contributed by atoms with E-state index < -0.39 is 0 Å². The summed E-state index contributed by atoms with van der Waals surface area (Å²) >= 11 is 10.8. The molecule has 1 N–H and O–H groups in total. The van der Waals surface area contributed by atoms with Crippen LogP contribution in [-0.4, -0.2) is 0 Å². The molecule has 0 bridgehead atoms. The summed E-state index contributed by atoms with van der Waals surface area (Å²) in [6, 6.07) is 13.0. The molecule has 0 saturated carbocycles. The molecule has 0 heterocycles. The van der Waals surface area contributed by atoms with E-state index in [1.54, 1.807) is 0 Å². The molecule has 1 unspecified atom stereocenters. The van der Waals surface area contributed by atoms with Crippen LogP contribution >= 0.6 is 47.8 Å². The summed E-state index contributed by atoms with van der Waals surface area (Å²) in [4.78, 5) is 0. The van der Waals surface area contributed by atoms with Gasteiger partial charge in [0.2, 0.25) is 0 Å². The molecule has 0 amide bonds. The van der Waals surface area contributed by atoms with E-state index in [4.69, 9.17) is 0 Å². The van der Waals surface area contributed by atoms with Crippen LogP contribution in [0, 0.1) is 6.92 Å². The molecule has 1 nitrogen and oxygen atoms in total. The molecule has 2 rings (SSSR count). The highest BCUT2D eigenvalue weighted by molar-refractivity contribution is 9.11. The number of hydrogen-bond donors (Lipinski definition) is 1. The first-order chi connectivity index (χ1) is 9.51. The fourth-order valence-electron chi connectivity index (χ4n) is 2.16. The maximum absolute atomic E-state index is 3.64. The van der Waals surface area contributed by atoms with Crippen LogP contribution in [0.2, 0.25) is 0 Å². The van der Waals surface area contributed by atoms with Gasteiger partial charge in [-0.1, -0.05) is 35.0 Å². The number of anilines is 1. The maximum Gasteiger partial charge on any atom is 0.0634 e. The molecule has 1 atom stereocenters.